The predicted octanol–water partition coefficient (Wildman–Crippen LogP) is 4.47. The summed E-state index contributed by atoms with van der Waals surface area (Å²) < 4.78 is 5.62. The Labute approximate surface area is 172 Å². The van der Waals surface area contributed by atoms with Crippen molar-refractivity contribution < 1.29 is 14.3 Å². The number of hydrogen-bond acceptors (Lipinski definition) is 4. The molecule has 0 aliphatic rings. The highest BCUT2D eigenvalue weighted by molar-refractivity contribution is 6.39. The number of nitrogens with one attached hydrogen (secondary N) is 2. The molecule has 2 rings (SSSR count). The van der Waals surface area contributed by atoms with Crippen molar-refractivity contribution in [2.45, 2.75) is 46.0 Å². The van der Waals surface area contributed by atoms with E-state index in [-0.39, 0.29) is 0 Å². The number of unbranched alkanes of at least 4 members (excludes halogenated alkanes) is 2. The van der Waals surface area contributed by atoms with E-state index in [2.05, 4.69) is 36.6 Å². The van der Waals surface area contributed by atoms with Gasteiger partial charge in [-0.15, -0.1) is 0 Å². The summed E-state index contributed by atoms with van der Waals surface area (Å²) in [7, 11) is 0. The maximum absolute atomic E-state index is 12.0. The van der Waals surface area contributed by atoms with Gasteiger partial charge in [0.2, 0.25) is 0 Å². The normalized spacial score (nSPS) is 10.9. The zero-order valence-corrected chi connectivity index (χ0v) is 17.3. The van der Waals surface area contributed by atoms with Crippen molar-refractivity contribution in [2.75, 3.05) is 11.9 Å². The number of hydrazone groups is 1. The molecule has 0 bridgehead atoms. The second kappa shape index (κ2) is 11.6. The van der Waals surface area contributed by atoms with Crippen molar-refractivity contribution in [3.05, 3.63) is 59.7 Å². The Morgan fingerprint density at radius 1 is 1.00 bits per heavy atom. The molecule has 0 saturated carbocycles. The van der Waals surface area contributed by atoms with Gasteiger partial charge in [-0.1, -0.05) is 57.9 Å². The molecule has 6 heteroatoms. The van der Waals surface area contributed by atoms with Gasteiger partial charge in [0.05, 0.1) is 12.8 Å². The molecule has 2 aromatic carbocycles. The summed E-state index contributed by atoms with van der Waals surface area (Å²) in [6, 6.07) is 14.8. The summed E-state index contributed by atoms with van der Waals surface area (Å²) in [5.41, 5.74) is 4.81. The second-order valence-electron chi connectivity index (χ2n) is 7.05. The number of hydrogen-bond donors (Lipinski definition) is 2. The van der Waals surface area contributed by atoms with Crippen LogP contribution in [0.2, 0.25) is 0 Å². The Bertz CT molecular complexity index is 812. The van der Waals surface area contributed by atoms with Crippen molar-refractivity contribution in [1.29, 1.82) is 0 Å². The molecular formula is C23H29N3O3. The lowest BCUT2D eigenvalue weighted by Gasteiger charge is -2.07. The zero-order chi connectivity index (χ0) is 21.1. The molecule has 0 fully saturated rings. The van der Waals surface area contributed by atoms with Gasteiger partial charge < -0.3 is 10.1 Å². The van der Waals surface area contributed by atoms with Crippen molar-refractivity contribution in [1.82, 2.24) is 5.43 Å². The van der Waals surface area contributed by atoms with E-state index in [0.29, 0.717) is 18.2 Å². The van der Waals surface area contributed by atoms with Crippen molar-refractivity contribution in [3.8, 4) is 5.75 Å². The number of rotatable bonds is 9. The molecule has 0 aliphatic heterocycles. The molecule has 0 aromatic heterocycles. The SMILES string of the molecule is CCCCCOc1ccc(NC(=O)C(=O)N/N=C\c2ccc(C(C)C)cc2)cc1. The fourth-order valence-electron chi connectivity index (χ4n) is 2.55. The first-order valence-corrected chi connectivity index (χ1v) is 9.96. The Kier molecular flexibility index (Phi) is 8.89. The molecule has 0 spiro atoms. The highest BCUT2D eigenvalue weighted by Gasteiger charge is 2.12. The molecule has 0 radical (unpaired) electrons. The Morgan fingerprint density at radius 3 is 2.31 bits per heavy atom. The van der Waals surface area contributed by atoms with Gasteiger partial charge in [-0.3, -0.25) is 9.59 Å². The number of amides is 2. The number of carbonyl (C=O) groups is 2. The van der Waals surface area contributed by atoms with E-state index < -0.39 is 11.8 Å². The molecule has 2 aromatic rings. The molecule has 0 saturated heterocycles. The van der Waals surface area contributed by atoms with Crippen LogP contribution in [0.25, 0.3) is 0 Å². The van der Waals surface area contributed by atoms with Crippen molar-refractivity contribution in [3.63, 3.8) is 0 Å². The molecule has 0 unspecified atom stereocenters. The van der Waals surface area contributed by atoms with Crippen LogP contribution < -0.4 is 15.5 Å². The quantitative estimate of drug-likeness (QED) is 0.285. The van der Waals surface area contributed by atoms with Crippen LogP contribution in [-0.2, 0) is 9.59 Å². The molecule has 0 atom stereocenters. The largest absolute Gasteiger partial charge is 0.494 e. The van der Waals surface area contributed by atoms with Crippen molar-refractivity contribution >= 4 is 23.7 Å². The fourth-order valence-corrected chi connectivity index (χ4v) is 2.55. The smallest absolute Gasteiger partial charge is 0.329 e. The number of anilines is 1. The summed E-state index contributed by atoms with van der Waals surface area (Å²) in [6.45, 7) is 7.05. The summed E-state index contributed by atoms with van der Waals surface area (Å²) in [5, 5.41) is 6.37. The van der Waals surface area contributed by atoms with Gasteiger partial charge in [-0.05, 0) is 47.7 Å². The maximum atomic E-state index is 12.0. The number of nitrogens with zero attached hydrogens (tertiary/aromatic N) is 1. The third kappa shape index (κ3) is 7.78. The summed E-state index contributed by atoms with van der Waals surface area (Å²) in [4.78, 5) is 23.9. The standard InChI is InChI=1S/C23H29N3O3/c1-4-5-6-15-29-21-13-11-20(12-14-21)25-22(27)23(28)26-24-16-18-7-9-19(10-8-18)17(2)3/h7-14,16-17H,4-6,15H2,1-3H3,(H,25,27)(H,26,28)/b24-16-. The van der Waals surface area contributed by atoms with E-state index in [0.717, 1.165) is 30.6 Å². The molecule has 154 valence electrons. The zero-order valence-electron chi connectivity index (χ0n) is 17.3. The average molecular weight is 396 g/mol. The third-order valence-electron chi connectivity index (χ3n) is 4.32. The van der Waals surface area contributed by atoms with Crippen LogP contribution in [-0.4, -0.2) is 24.6 Å². The minimum Gasteiger partial charge on any atom is -0.494 e. The van der Waals surface area contributed by atoms with Gasteiger partial charge >= 0.3 is 11.8 Å². The lowest BCUT2D eigenvalue weighted by Crippen LogP contribution is -2.32. The summed E-state index contributed by atoms with van der Waals surface area (Å²) in [5.74, 6) is -0.434. The number of carbonyl (C=O) groups excluding carboxylic acids is 2. The van der Waals surface area contributed by atoms with Crippen LogP contribution in [0.1, 0.15) is 57.1 Å². The first-order chi connectivity index (χ1) is 14.0. The second-order valence-corrected chi connectivity index (χ2v) is 7.05. The maximum Gasteiger partial charge on any atom is 0.329 e. The lowest BCUT2D eigenvalue weighted by atomic mass is 10.0. The summed E-state index contributed by atoms with van der Waals surface area (Å²) >= 11 is 0. The van der Waals surface area contributed by atoms with Crippen LogP contribution in [0.4, 0.5) is 5.69 Å². The Morgan fingerprint density at radius 2 is 1.69 bits per heavy atom. The monoisotopic (exact) mass is 395 g/mol. The van der Waals surface area contributed by atoms with Gasteiger partial charge in [0.15, 0.2) is 0 Å². The Balaban J connectivity index is 1.78. The summed E-state index contributed by atoms with van der Waals surface area (Å²) in [6.07, 6.45) is 4.79. The number of benzene rings is 2. The Hall–Kier alpha value is -3.15. The lowest BCUT2D eigenvalue weighted by molar-refractivity contribution is -0.136. The minimum atomic E-state index is -0.833. The molecule has 0 aliphatic carbocycles. The molecule has 2 amide bonds. The van der Waals surface area contributed by atoms with E-state index >= 15 is 0 Å². The molecule has 0 heterocycles. The topological polar surface area (TPSA) is 79.8 Å². The first kappa shape index (κ1) is 22.1. The highest BCUT2D eigenvalue weighted by Crippen LogP contribution is 2.16. The van der Waals surface area contributed by atoms with Gasteiger partial charge in [0.25, 0.3) is 0 Å². The van der Waals surface area contributed by atoms with E-state index in [9.17, 15) is 9.59 Å². The first-order valence-electron chi connectivity index (χ1n) is 9.96. The molecular weight excluding hydrogens is 366 g/mol. The van der Waals surface area contributed by atoms with Crippen LogP contribution >= 0.6 is 0 Å². The average Bonchev–Trinajstić information content (AvgIpc) is 2.72. The van der Waals surface area contributed by atoms with Gasteiger partial charge in [0, 0.05) is 5.69 Å². The van der Waals surface area contributed by atoms with Crippen LogP contribution in [0, 0.1) is 0 Å². The fraction of sp³-hybridized carbons (Fsp3) is 0.348. The van der Waals surface area contributed by atoms with E-state index in [1.165, 1.54) is 11.8 Å². The van der Waals surface area contributed by atoms with Crippen LogP contribution in [0.15, 0.2) is 53.6 Å². The molecule has 2 N–H and O–H groups in total. The van der Waals surface area contributed by atoms with Gasteiger partial charge in [-0.25, -0.2) is 5.43 Å². The van der Waals surface area contributed by atoms with Crippen LogP contribution in [0.3, 0.4) is 0 Å². The van der Waals surface area contributed by atoms with Crippen LogP contribution in [0.5, 0.6) is 5.75 Å². The molecule has 6 nitrogen and oxygen atoms in total. The number of ether oxygens (including phenoxy) is 1. The minimum absolute atomic E-state index is 0.450. The van der Waals surface area contributed by atoms with Gasteiger partial charge in [0.1, 0.15) is 5.75 Å². The predicted molar refractivity (Wildman–Crippen MR) is 116 cm³/mol. The third-order valence-corrected chi connectivity index (χ3v) is 4.32. The van der Waals surface area contributed by atoms with E-state index in [1.807, 2.05) is 24.3 Å². The van der Waals surface area contributed by atoms with E-state index in [4.69, 9.17) is 4.74 Å². The van der Waals surface area contributed by atoms with E-state index in [1.54, 1.807) is 24.3 Å². The highest BCUT2D eigenvalue weighted by atomic mass is 16.5. The molecule has 29 heavy (non-hydrogen) atoms. The van der Waals surface area contributed by atoms with Crippen molar-refractivity contribution in [2.24, 2.45) is 5.10 Å². The van der Waals surface area contributed by atoms with Gasteiger partial charge in [-0.2, -0.15) is 5.10 Å².